The van der Waals surface area contributed by atoms with E-state index in [0.29, 0.717) is 108 Å². The van der Waals surface area contributed by atoms with E-state index in [0.717, 1.165) is 26.9 Å². The van der Waals surface area contributed by atoms with Crippen LogP contribution in [0, 0.1) is 11.8 Å². The SMILES string of the molecule is CC(C)(C)OC(=O)N1CCC(C(=O)NCCN(CCC(c2ccccc2)c2ccccc2)C(=O)Nc2nc3ccccc3s2)CC1.CC(C)(C)OC(=O)N1CCC(C(=O)O)CC1.NCCN(CCC(c1ccccc1)c1ccccc1)C(=O)Nc1nc2ccccc2s1. The summed E-state index contributed by atoms with van der Waals surface area (Å²) in [7, 11) is 0. The van der Waals surface area contributed by atoms with Crippen LogP contribution in [-0.2, 0) is 19.1 Å². The number of rotatable bonds is 19. The third-order valence-corrected chi connectivity index (χ3v) is 17.8. The van der Waals surface area contributed by atoms with Gasteiger partial charge in [0.25, 0.3) is 0 Å². The molecular formula is C72H88N10O9S2. The maximum Gasteiger partial charge on any atom is 0.410 e. The number of nitrogens with two attached hydrogens (primary N) is 1. The second-order valence-corrected chi connectivity index (χ2v) is 27.1. The Hall–Kier alpha value is -8.92. The van der Waals surface area contributed by atoms with E-state index in [1.807, 2.05) is 139 Å². The molecule has 0 saturated carbocycles. The van der Waals surface area contributed by atoms with Gasteiger partial charge in [0, 0.05) is 83.2 Å². The smallest absolute Gasteiger partial charge is 0.410 e. The molecule has 0 unspecified atom stereocenters. The van der Waals surface area contributed by atoms with Gasteiger partial charge in [0.2, 0.25) is 5.91 Å². The Morgan fingerprint density at radius 1 is 0.516 bits per heavy atom. The number of hydrogen-bond donors (Lipinski definition) is 5. The number of piperidine rings is 2. The molecule has 2 saturated heterocycles. The molecule has 2 aliphatic rings. The van der Waals surface area contributed by atoms with Gasteiger partial charge in [-0.3, -0.25) is 20.2 Å². The molecule has 6 N–H and O–H groups in total. The van der Waals surface area contributed by atoms with Crippen molar-refractivity contribution in [3.63, 3.8) is 0 Å². The minimum Gasteiger partial charge on any atom is -0.481 e. The number of aromatic nitrogens is 2. The monoisotopic (exact) mass is 1300 g/mol. The Kier molecular flexibility index (Phi) is 25.7. The number of hydrogen-bond acceptors (Lipinski definition) is 13. The van der Waals surface area contributed by atoms with Crippen LogP contribution in [-0.4, -0.2) is 147 Å². The lowest BCUT2D eigenvalue weighted by Gasteiger charge is -2.33. The fourth-order valence-electron chi connectivity index (χ4n) is 11.1. The number of carbonyl (C=O) groups is 6. The molecule has 0 atom stereocenters. The van der Waals surface area contributed by atoms with Gasteiger partial charge >= 0.3 is 30.2 Å². The second kappa shape index (κ2) is 34.1. The number of fused-ring (bicyclic) bond motifs is 2. The van der Waals surface area contributed by atoms with E-state index < -0.39 is 17.2 Å². The van der Waals surface area contributed by atoms with E-state index in [4.69, 9.17) is 20.3 Å². The number of likely N-dealkylation sites (tertiary alicyclic amines) is 2. The first-order valence-corrected chi connectivity index (χ1v) is 33.5. The predicted molar refractivity (Wildman–Crippen MR) is 370 cm³/mol. The number of carboxylic acids is 1. The van der Waals surface area contributed by atoms with Crippen molar-refractivity contribution in [2.75, 3.05) is 76.1 Å². The highest BCUT2D eigenvalue weighted by Crippen LogP contribution is 2.32. The molecule has 10 rings (SSSR count). The molecule has 0 aliphatic carbocycles. The van der Waals surface area contributed by atoms with Gasteiger partial charge in [-0.1, -0.05) is 168 Å². The molecule has 4 heterocycles. The number of para-hydroxylation sites is 2. The number of urea groups is 2. The lowest BCUT2D eigenvalue weighted by molar-refractivity contribution is -0.143. The normalized spacial score (nSPS) is 13.7. The van der Waals surface area contributed by atoms with Crippen LogP contribution in [0.2, 0.25) is 0 Å². The number of aliphatic carboxylic acids is 1. The van der Waals surface area contributed by atoms with E-state index >= 15 is 0 Å². The van der Waals surface area contributed by atoms with Gasteiger partial charge in [0.1, 0.15) is 11.2 Å². The lowest BCUT2D eigenvalue weighted by Crippen LogP contribution is -2.46. The molecule has 21 heteroatoms. The van der Waals surface area contributed by atoms with Crippen LogP contribution in [0.5, 0.6) is 0 Å². The van der Waals surface area contributed by atoms with E-state index in [2.05, 4.69) is 98.7 Å². The molecule has 19 nitrogen and oxygen atoms in total. The fourth-order valence-corrected chi connectivity index (χ4v) is 12.8. The fraction of sp³-hybridized carbons (Fsp3) is 0.389. The van der Waals surface area contributed by atoms with Gasteiger partial charge in [-0.25, -0.2) is 29.1 Å². The Balaban J connectivity index is 0.000000202. The van der Waals surface area contributed by atoms with Crippen molar-refractivity contribution in [1.82, 2.24) is 34.9 Å². The van der Waals surface area contributed by atoms with Gasteiger partial charge in [-0.2, -0.15) is 0 Å². The average Bonchev–Trinajstić information content (AvgIpc) is 3.28. The molecule has 0 spiro atoms. The van der Waals surface area contributed by atoms with Crippen LogP contribution >= 0.6 is 22.7 Å². The minimum atomic E-state index is -0.774. The summed E-state index contributed by atoms with van der Waals surface area (Å²) in [5.74, 6) is -1.03. The number of ether oxygens (including phenoxy) is 2. The second-order valence-electron chi connectivity index (χ2n) is 25.0. The summed E-state index contributed by atoms with van der Waals surface area (Å²) in [5.41, 5.74) is 11.3. The number of nitrogens with one attached hydrogen (secondary N) is 3. The van der Waals surface area contributed by atoms with Crippen LogP contribution in [0.4, 0.5) is 29.4 Å². The molecule has 8 aromatic rings. The Morgan fingerprint density at radius 2 is 0.860 bits per heavy atom. The molecular weight excluding hydrogens is 1210 g/mol. The largest absolute Gasteiger partial charge is 0.481 e. The van der Waals surface area contributed by atoms with Crippen LogP contribution in [0.25, 0.3) is 20.4 Å². The maximum atomic E-state index is 13.7. The third kappa shape index (κ3) is 21.9. The third-order valence-electron chi connectivity index (χ3n) is 15.9. The summed E-state index contributed by atoms with van der Waals surface area (Å²) in [5, 5.41) is 19.0. The van der Waals surface area contributed by atoms with E-state index in [-0.39, 0.29) is 53.8 Å². The van der Waals surface area contributed by atoms with E-state index in [1.165, 1.54) is 44.9 Å². The maximum absolute atomic E-state index is 13.7. The molecule has 7 amide bonds. The highest BCUT2D eigenvalue weighted by molar-refractivity contribution is 7.22. The molecule has 2 fully saturated rings. The zero-order valence-corrected chi connectivity index (χ0v) is 55.7. The summed E-state index contributed by atoms with van der Waals surface area (Å²) in [6.07, 6.45) is 2.98. The molecule has 0 bridgehead atoms. The Morgan fingerprint density at radius 3 is 1.20 bits per heavy atom. The Bertz CT molecular complexity index is 3520. The number of anilines is 2. The number of carbonyl (C=O) groups excluding carboxylic acids is 5. The van der Waals surface area contributed by atoms with Crippen LogP contribution in [0.1, 0.15) is 114 Å². The van der Waals surface area contributed by atoms with Gasteiger partial charge in [0.05, 0.1) is 26.4 Å². The predicted octanol–water partition coefficient (Wildman–Crippen LogP) is 14.1. The average molecular weight is 1300 g/mol. The van der Waals surface area contributed by atoms with Crippen LogP contribution in [0.3, 0.4) is 0 Å². The summed E-state index contributed by atoms with van der Waals surface area (Å²) in [6.45, 7) is 15.5. The van der Waals surface area contributed by atoms with Crippen LogP contribution < -0.4 is 21.7 Å². The van der Waals surface area contributed by atoms with E-state index in [9.17, 15) is 28.8 Å². The first kappa shape index (κ1) is 70.0. The number of carboxylic acid groups (broad SMARTS) is 1. The number of thiazole rings is 2. The first-order valence-electron chi connectivity index (χ1n) is 31.9. The van der Waals surface area contributed by atoms with Gasteiger partial charge in [0.15, 0.2) is 10.3 Å². The highest BCUT2D eigenvalue weighted by atomic mass is 32.1. The lowest BCUT2D eigenvalue weighted by atomic mass is 9.88. The molecule has 93 heavy (non-hydrogen) atoms. The molecule has 492 valence electrons. The summed E-state index contributed by atoms with van der Waals surface area (Å²) in [4.78, 5) is 90.5. The molecule has 2 aliphatic heterocycles. The molecule has 6 aromatic carbocycles. The first-order chi connectivity index (χ1) is 44.7. The van der Waals surface area contributed by atoms with E-state index in [1.54, 1.807) is 19.6 Å². The van der Waals surface area contributed by atoms with Gasteiger partial charge in [-0.15, -0.1) is 0 Å². The number of nitrogens with zero attached hydrogens (tertiary/aromatic N) is 6. The van der Waals surface area contributed by atoms with Gasteiger partial charge < -0.3 is 45.2 Å². The van der Waals surface area contributed by atoms with Crippen LogP contribution in [0.15, 0.2) is 170 Å². The van der Waals surface area contributed by atoms with Crippen molar-refractivity contribution in [2.45, 2.75) is 103 Å². The number of amides is 7. The highest BCUT2D eigenvalue weighted by Gasteiger charge is 2.32. The van der Waals surface area contributed by atoms with Crippen molar-refractivity contribution in [3.05, 3.63) is 192 Å². The van der Waals surface area contributed by atoms with Crippen molar-refractivity contribution in [1.29, 1.82) is 0 Å². The summed E-state index contributed by atoms with van der Waals surface area (Å²) in [6, 6.07) is 56.8. The summed E-state index contributed by atoms with van der Waals surface area (Å²) < 4.78 is 12.7. The summed E-state index contributed by atoms with van der Waals surface area (Å²) >= 11 is 2.92. The zero-order chi connectivity index (χ0) is 66.3. The van der Waals surface area contributed by atoms with Crippen molar-refractivity contribution in [3.8, 4) is 0 Å². The van der Waals surface area contributed by atoms with Crippen molar-refractivity contribution in [2.24, 2.45) is 17.6 Å². The Labute approximate surface area is 553 Å². The van der Waals surface area contributed by atoms with Crippen molar-refractivity contribution >= 4 is 89.5 Å². The number of benzene rings is 6. The van der Waals surface area contributed by atoms with Crippen molar-refractivity contribution < 1.29 is 43.3 Å². The molecule has 2 aromatic heterocycles. The minimum absolute atomic E-state index is 0.0539. The molecule has 0 radical (unpaired) electrons. The zero-order valence-electron chi connectivity index (χ0n) is 54.1. The quantitative estimate of drug-likeness (QED) is 0.0508. The standard InChI is InChI=1S/C36H43N5O4S.C25H26N4OS.C11H19NO4/c1-36(2,3)45-35(44)41-22-18-28(19-23-41)32(42)37-21-25-40(34(43)39-33-38-30-16-10-11-17-31(30)46-33)24-20-29(26-12-6-4-7-13-26)27-14-8-5-9-15-27;26-16-18-29(25(30)28-24-27-22-13-7-8-14-23(22)31-24)17-15-21(19-9-3-1-4-10-19)20-11-5-2-6-12-20;1-11(2,3)16-10(15)12-6-4-8(5-7-12)9(13)14/h4-17,28-29H,18-25H2,1-3H3,(H,37,42)(H,38,39,43);1-14,21H,15-18,26H2,(H,27,28,30);8H,4-7H2,1-3H3,(H,13,14). The topological polar surface area (TPSA) is 242 Å². The van der Waals surface area contributed by atoms with Gasteiger partial charge in [-0.05, 0) is 127 Å².